The van der Waals surface area contributed by atoms with Crippen LogP contribution in [0.3, 0.4) is 0 Å². The largest absolute Gasteiger partial charge is 0.469 e. The minimum atomic E-state index is -0.274. The molecule has 1 aliphatic carbocycles. The van der Waals surface area contributed by atoms with Crippen molar-refractivity contribution in [3.8, 4) is 0 Å². The molecule has 1 aliphatic rings. The van der Waals surface area contributed by atoms with Gasteiger partial charge < -0.3 is 9.47 Å². The van der Waals surface area contributed by atoms with Crippen LogP contribution in [0.15, 0.2) is 48.6 Å². The molecule has 0 aromatic heterocycles. The summed E-state index contributed by atoms with van der Waals surface area (Å²) in [6, 6.07) is 7.96. The first kappa shape index (κ1) is 25.6. The fourth-order valence-electron chi connectivity index (χ4n) is 4.10. The van der Waals surface area contributed by atoms with Crippen LogP contribution in [0.1, 0.15) is 88.4 Å². The minimum absolute atomic E-state index is 0.124. The lowest BCUT2D eigenvalue weighted by atomic mass is 9.85. The van der Waals surface area contributed by atoms with Gasteiger partial charge in [-0.3, -0.25) is 14.4 Å². The maximum absolute atomic E-state index is 12.5. The average molecular weight is 441 g/mol. The number of hydrogen-bond acceptors (Lipinski definition) is 5. The SMILES string of the molecule is CCCCCC(OC(C)=O)c1ccc(C2C(=O)C=C[C@@H]2C/C=C\CCCC(=O)OC)cc1. The maximum Gasteiger partial charge on any atom is 0.305 e. The van der Waals surface area contributed by atoms with Gasteiger partial charge in [0.15, 0.2) is 5.78 Å². The third kappa shape index (κ3) is 8.10. The fraction of sp³-hybridized carbons (Fsp3) is 0.519. The van der Waals surface area contributed by atoms with E-state index in [1.54, 1.807) is 6.08 Å². The van der Waals surface area contributed by atoms with Crippen LogP contribution in [0.25, 0.3) is 0 Å². The minimum Gasteiger partial charge on any atom is -0.469 e. The Morgan fingerprint density at radius 3 is 2.50 bits per heavy atom. The second-order valence-electron chi connectivity index (χ2n) is 8.34. The Kier molecular flexibility index (Phi) is 10.9. The molecule has 0 fully saturated rings. The molecule has 5 nitrogen and oxygen atoms in total. The van der Waals surface area contributed by atoms with Crippen molar-refractivity contribution in [3.63, 3.8) is 0 Å². The quantitative estimate of drug-likeness (QED) is 0.214. The Morgan fingerprint density at radius 1 is 1.09 bits per heavy atom. The predicted octanol–water partition coefficient (Wildman–Crippen LogP) is 6.00. The molecular weight excluding hydrogens is 404 g/mol. The first-order valence-electron chi connectivity index (χ1n) is 11.7. The van der Waals surface area contributed by atoms with Gasteiger partial charge in [-0.05, 0) is 55.2 Å². The number of rotatable bonds is 13. The zero-order valence-electron chi connectivity index (χ0n) is 19.5. The number of ether oxygens (including phenoxy) is 2. The molecule has 2 unspecified atom stereocenters. The van der Waals surface area contributed by atoms with E-state index in [0.717, 1.165) is 56.1 Å². The number of hydrogen-bond donors (Lipinski definition) is 0. The zero-order valence-corrected chi connectivity index (χ0v) is 19.5. The molecule has 0 N–H and O–H groups in total. The van der Waals surface area contributed by atoms with E-state index in [4.69, 9.17) is 4.74 Å². The number of methoxy groups -OCH3 is 1. The summed E-state index contributed by atoms with van der Waals surface area (Å²) < 4.78 is 10.2. The van der Waals surface area contributed by atoms with Crippen molar-refractivity contribution in [2.75, 3.05) is 7.11 Å². The van der Waals surface area contributed by atoms with Gasteiger partial charge >= 0.3 is 11.9 Å². The van der Waals surface area contributed by atoms with Crippen molar-refractivity contribution in [1.82, 2.24) is 0 Å². The molecule has 0 spiro atoms. The van der Waals surface area contributed by atoms with Crippen LogP contribution in [-0.4, -0.2) is 24.8 Å². The normalized spacial score (nSPS) is 18.8. The van der Waals surface area contributed by atoms with Crippen LogP contribution in [0.5, 0.6) is 0 Å². The molecule has 0 saturated heterocycles. The van der Waals surface area contributed by atoms with Crippen molar-refractivity contribution in [1.29, 1.82) is 0 Å². The number of carbonyl (C=O) groups excluding carboxylic acids is 3. The predicted molar refractivity (Wildman–Crippen MR) is 125 cm³/mol. The number of allylic oxidation sites excluding steroid dienone is 4. The molecule has 5 heteroatoms. The molecule has 174 valence electrons. The van der Waals surface area contributed by atoms with Gasteiger partial charge in [-0.2, -0.15) is 0 Å². The van der Waals surface area contributed by atoms with Gasteiger partial charge in [0.1, 0.15) is 6.10 Å². The van der Waals surface area contributed by atoms with Crippen LogP contribution in [0.2, 0.25) is 0 Å². The van der Waals surface area contributed by atoms with Crippen molar-refractivity contribution in [2.24, 2.45) is 5.92 Å². The van der Waals surface area contributed by atoms with E-state index in [9.17, 15) is 14.4 Å². The van der Waals surface area contributed by atoms with Crippen LogP contribution >= 0.6 is 0 Å². The summed E-state index contributed by atoms with van der Waals surface area (Å²) in [6.07, 6.45) is 14.4. The summed E-state index contributed by atoms with van der Waals surface area (Å²) in [6.45, 7) is 3.59. The number of carbonyl (C=O) groups is 3. The van der Waals surface area contributed by atoms with Crippen LogP contribution < -0.4 is 0 Å². The molecule has 0 amide bonds. The van der Waals surface area contributed by atoms with Gasteiger partial charge in [0.2, 0.25) is 0 Å². The smallest absolute Gasteiger partial charge is 0.305 e. The zero-order chi connectivity index (χ0) is 23.3. The monoisotopic (exact) mass is 440 g/mol. The molecule has 2 rings (SSSR count). The highest BCUT2D eigenvalue weighted by Gasteiger charge is 2.30. The standard InChI is InChI=1S/C27H36O5/c1-4-5-8-12-25(32-20(2)28)21-14-16-23(17-15-21)27-22(18-19-24(27)29)11-9-6-7-10-13-26(30)31-3/h6,9,14-19,22,25,27H,4-5,7-8,10-13H2,1-3H3/b9-6-/t22-,25?,27?/m0/s1. The lowest BCUT2D eigenvalue weighted by molar-refractivity contribution is -0.147. The van der Waals surface area contributed by atoms with Gasteiger partial charge in [0.05, 0.1) is 13.0 Å². The molecule has 3 atom stereocenters. The van der Waals surface area contributed by atoms with Gasteiger partial charge in [0.25, 0.3) is 0 Å². The van der Waals surface area contributed by atoms with E-state index in [1.165, 1.54) is 14.0 Å². The van der Waals surface area contributed by atoms with Crippen molar-refractivity contribution < 1.29 is 23.9 Å². The lowest BCUT2D eigenvalue weighted by Crippen LogP contribution is -2.14. The Bertz CT molecular complexity index is 806. The molecule has 1 aromatic carbocycles. The van der Waals surface area contributed by atoms with Gasteiger partial charge in [-0.1, -0.05) is 62.3 Å². The number of ketones is 1. The van der Waals surface area contributed by atoms with E-state index < -0.39 is 0 Å². The lowest BCUT2D eigenvalue weighted by Gasteiger charge is -2.20. The maximum atomic E-state index is 12.5. The topological polar surface area (TPSA) is 69.7 Å². The summed E-state index contributed by atoms with van der Waals surface area (Å²) in [5.74, 6) is -0.395. The third-order valence-corrected chi connectivity index (χ3v) is 5.84. The highest BCUT2D eigenvalue weighted by Crippen LogP contribution is 2.36. The summed E-state index contributed by atoms with van der Waals surface area (Å²) in [5.41, 5.74) is 1.96. The van der Waals surface area contributed by atoms with E-state index in [0.29, 0.717) is 6.42 Å². The number of unbranched alkanes of at least 4 members (excludes halogenated alkanes) is 3. The fourth-order valence-corrected chi connectivity index (χ4v) is 4.10. The average Bonchev–Trinajstić information content (AvgIpc) is 3.15. The van der Waals surface area contributed by atoms with E-state index in [2.05, 4.69) is 23.8 Å². The first-order valence-corrected chi connectivity index (χ1v) is 11.7. The molecule has 0 heterocycles. The number of benzene rings is 1. The van der Waals surface area contributed by atoms with E-state index >= 15 is 0 Å². The number of esters is 2. The van der Waals surface area contributed by atoms with Crippen LogP contribution in [0.4, 0.5) is 0 Å². The highest BCUT2D eigenvalue weighted by atomic mass is 16.5. The van der Waals surface area contributed by atoms with Gasteiger partial charge in [-0.25, -0.2) is 0 Å². The Balaban J connectivity index is 1.98. The molecule has 0 bridgehead atoms. The Morgan fingerprint density at radius 2 is 1.84 bits per heavy atom. The Labute approximate surface area is 191 Å². The van der Waals surface area contributed by atoms with Crippen molar-refractivity contribution >= 4 is 17.7 Å². The molecule has 1 aromatic rings. The van der Waals surface area contributed by atoms with Crippen LogP contribution in [0, 0.1) is 5.92 Å². The van der Waals surface area contributed by atoms with E-state index in [1.807, 2.05) is 30.3 Å². The molecule has 0 radical (unpaired) electrons. The Hall–Kier alpha value is -2.69. The van der Waals surface area contributed by atoms with Crippen molar-refractivity contribution in [3.05, 3.63) is 59.7 Å². The summed E-state index contributed by atoms with van der Waals surface area (Å²) in [4.78, 5) is 35.2. The second kappa shape index (κ2) is 13.7. The molecule has 0 aliphatic heterocycles. The summed E-state index contributed by atoms with van der Waals surface area (Å²) in [7, 11) is 1.40. The first-order chi connectivity index (χ1) is 15.5. The molecule has 32 heavy (non-hydrogen) atoms. The second-order valence-corrected chi connectivity index (χ2v) is 8.34. The van der Waals surface area contributed by atoms with Gasteiger partial charge in [0, 0.05) is 13.3 Å². The van der Waals surface area contributed by atoms with Crippen LogP contribution in [-0.2, 0) is 23.9 Å². The summed E-state index contributed by atoms with van der Waals surface area (Å²) in [5, 5.41) is 0. The van der Waals surface area contributed by atoms with E-state index in [-0.39, 0.29) is 35.7 Å². The summed E-state index contributed by atoms with van der Waals surface area (Å²) >= 11 is 0. The molecule has 0 saturated carbocycles. The molecular formula is C27H36O5. The third-order valence-electron chi connectivity index (χ3n) is 5.84. The highest BCUT2D eigenvalue weighted by molar-refractivity contribution is 5.98. The van der Waals surface area contributed by atoms with Crippen molar-refractivity contribution in [2.45, 2.75) is 77.2 Å². The van der Waals surface area contributed by atoms with Gasteiger partial charge in [-0.15, -0.1) is 0 Å².